The van der Waals surface area contributed by atoms with E-state index in [1.165, 1.54) is 0 Å². The number of primary amides is 1. The molecule has 0 heterocycles. The Labute approximate surface area is 172 Å². The Bertz CT molecular complexity index is 860. The van der Waals surface area contributed by atoms with E-state index in [1.54, 1.807) is 31.1 Å². The summed E-state index contributed by atoms with van der Waals surface area (Å²) in [4.78, 5) is 29.4. The SMILES string of the molecule is CCNC(=NCc1ccc(C(N)=O)cc1)NCCc1cccc(C(=O)N(C)C)c1. The van der Waals surface area contributed by atoms with E-state index in [4.69, 9.17) is 5.73 Å². The molecule has 0 aliphatic heterocycles. The van der Waals surface area contributed by atoms with Crippen molar-refractivity contribution in [1.82, 2.24) is 15.5 Å². The molecule has 7 heteroatoms. The molecule has 2 rings (SSSR count). The summed E-state index contributed by atoms with van der Waals surface area (Å²) >= 11 is 0. The average Bonchev–Trinajstić information content (AvgIpc) is 2.72. The Morgan fingerprint density at radius 1 is 1.00 bits per heavy atom. The summed E-state index contributed by atoms with van der Waals surface area (Å²) in [5, 5.41) is 6.53. The van der Waals surface area contributed by atoms with Gasteiger partial charge in [-0.25, -0.2) is 4.99 Å². The molecule has 0 saturated heterocycles. The van der Waals surface area contributed by atoms with E-state index in [1.807, 2.05) is 43.3 Å². The largest absolute Gasteiger partial charge is 0.366 e. The molecular formula is C22H29N5O2. The fourth-order valence-electron chi connectivity index (χ4n) is 2.73. The number of nitrogens with one attached hydrogen (secondary N) is 2. The van der Waals surface area contributed by atoms with Gasteiger partial charge in [0.1, 0.15) is 0 Å². The first-order chi connectivity index (χ1) is 13.9. The van der Waals surface area contributed by atoms with Gasteiger partial charge in [0.25, 0.3) is 5.91 Å². The van der Waals surface area contributed by atoms with Gasteiger partial charge < -0.3 is 21.3 Å². The van der Waals surface area contributed by atoms with Crippen molar-refractivity contribution < 1.29 is 9.59 Å². The molecule has 0 radical (unpaired) electrons. The zero-order chi connectivity index (χ0) is 21.2. The van der Waals surface area contributed by atoms with Gasteiger partial charge in [0.2, 0.25) is 5.91 Å². The number of carbonyl (C=O) groups excluding carboxylic acids is 2. The van der Waals surface area contributed by atoms with Crippen molar-refractivity contribution in [2.24, 2.45) is 10.7 Å². The number of nitrogens with two attached hydrogens (primary N) is 1. The predicted octanol–water partition coefficient (Wildman–Crippen LogP) is 1.79. The highest BCUT2D eigenvalue weighted by molar-refractivity contribution is 5.94. The molecule has 4 N–H and O–H groups in total. The molecule has 0 fully saturated rings. The Morgan fingerprint density at radius 3 is 2.34 bits per heavy atom. The highest BCUT2D eigenvalue weighted by Crippen LogP contribution is 2.08. The lowest BCUT2D eigenvalue weighted by Gasteiger charge is -2.13. The number of rotatable bonds is 8. The van der Waals surface area contributed by atoms with E-state index in [9.17, 15) is 9.59 Å². The second-order valence-electron chi connectivity index (χ2n) is 6.83. The first-order valence-electron chi connectivity index (χ1n) is 9.62. The third kappa shape index (κ3) is 6.95. The Kier molecular flexibility index (Phi) is 8.21. The molecule has 2 aromatic rings. The lowest BCUT2D eigenvalue weighted by atomic mass is 10.1. The average molecular weight is 396 g/mol. The highest BCUT2D eigenvalue weighted by atomic mass is 16.2. The molecule has 0 aromatic heterocycles. The zero-order valence-corrected chi connectivity index (χ0v) is 17.2. The molecule has 0 bridgehead atoms. The van der Waals surface area contributed by atoms with Crippen LogP contribution < -0.4 is 16.4 Å². The number of nitrogens with zero attached hydrogens (tertiary/aromatic N) is 2. The predicted molar refractivity (Wildman–Crippen MR) is 116 cm³/mol. The smallest absolute Gasteiger partial charge is 0.253 e. The van der Waals surface area contributed by atoms with Crippen molar-refractivity contribution in [2.45, 2.75) is 19.9 Å². The molecule has 29 heavy (non-hydrogen) atoms. The summed E-state index contributed by atoms with van der Waals surface area (Å²) in [6.45, 7) is 3.93. The maximum absolute atomic E-state index is 12.1. The summed E-state index contributed by atoms with van der Waals surface area (Å²) in [6, 6.07) is 14.8. The van der Waals surface area contributed by atoms with Crippen LogP contribution in [0, 0.1) is 0 Å². The van der Waals surface area contributed by atoms with Gasteiger partial charge in [-0.05, 0) is 48.7 Å². The molecule has 154 valence electrons. The van der Waals surface area contributed by atoms with Gasteiger partial charge in [0, 0.05) is 38.3 Å². The summed E-state index contributed by atoms with van der Waals surface area (Å²) in [7, 11) is 3.49. The van der Waals surface area contributed by atoms with Crippen molar-refractivity contribution in [3.8, 4) is 0 Å². The van der Waals surface area contributed by atoms with Gasteiger partial charge in [-0.15, -0.1) is 0 Å². The molecule has 0 aliphatic carbocycles. The summed E-state index contributed by atoms with van der Waals surface area (Å²) in [5.41, 5.74) is 8.51. The topological polar surface area (TPSA) is 99.8 Å². The van der Waals surface area contributed by atoms with Crippen LogP contribution in [0.5, 0.6) is 0 Å². The molecule has 2 aromatic carbocycles. The number of guanidine groups is 1. The minimum absolute atomic E-state index is 0.00272. The van der Waals surface area contributed by atoms with E-state index >= 15 is 0 Å². The number of benzene rings is 2. The number of hydrogen-bond donors (Lipinski definition) is 3. The van der Waals surface area contributed by atoms with Gasteiger partial charge in [-0.3, -0.25) is 9.59 Å². The standard InChI is InChI=1S/C22H29N5O2/c1-4-24-22(26-15-17-8-10-18(11-9-17)20(23)28)25-13-12-16-6-5-7-19(14-16)21(29)27(2)3/h5-11,14H,4,12-13,15H2,1-3H3,(H2,23,28)(H2,24,25,26). The lowest BCUT2D eigenvalue weighted by molar-refractivity contribution is 0.0827. The quantitative estimate of drug-likeness (QED) is 0.469. The first kappa shape index (κ1) is 21.9. The second-order valence-corrected chi connectivity index (χ2v) is 6.83. The highest BCUT2D eigenvalue weighted by Gasteiger charge is 2.08. The number of amides is 2. The van der Waals surface area contributed by atoms with Crippen molar-refractivity contribution in [3.05, 3.63) is 70.8 Å². The third-order valence-electron chi connectivity index (χ3n) is 4.29. The molecule has 0 saturated carbocycles. The molecular weight excluding hydrogens is 366 g/mol. The van der Waals surface area contributed by atoms with Crippen LogP contribution >= 0.6 is 0 Å². The Morgan fingerprint density at radius 2 is 1.72 bits per heavy atom. The van der Waals surface area contributed by atoms with Gasteiger partial charge in [-0.1, -0.05) is 24.3 Å². The summed E-state index contributed by atoms with van der Waals surface area (Å²) < 4.78 is 0. The van der Waals surface area contributed by atoms with Crippen LogP contribution in [0.1, 0.15) is 38.8 Å². The second kappa shape index (κ2) is 10.8. The molecule has 2 amide bonds. The van der Waals surface area contributed by atoms with Gasteiger partial charge in [-0.2, -0.15) is 0 Å². The van der Waals surface area contributed by atoms with Crippen LogP contribution in [0.4, 0.5) is 0 Å². The van der Waals surface area contributed by atoms with Gasteiger partial charge in [0.15, 0.2) is 5.96 Å². The minimum atomic E-state index is -0.439. The lowest BCUT2D eigenvalue weighted by Crippen LogP contribution is -2.38. The Hall–Kier alpha value is -3.35. The van der Waals surface area contributed by atoms with Crippen LogP contribution in [0.3, 0.4) is 0 Å². The number of hydrogen-bond acceptors (Lipinski definition) is 3. The molecule has 7 nitrogen and oxygen atoms in total. The van der Waals surface area contributed by atoms with Crippen LogP contribution in [0.2, 0.25) is 0 Å². The molecule has 0 aliphatic rings. The third-order valence-corrected chi connectivity index (χ3v) is 4.29. The Balaban J connectivity index is 1.93. The minimum Gasteiger partial charge on any atom is -0.366 e. The number of carbonyl (C=O) groups is 2. The monoisotopic (exact) mass is 395 g/mol. The van der Waals surface area contributed by atoms with Crippen LogP contribution in [-0.4, -0.2) is 49.9 Å². The van der Waals surface area contributed by atoms with Gasteiger partial charge >= 0.3 is 0 Å². The van der Waals surface area contributed by atoms with Crippen molar-refractivity contribution in [2.75, 3.05) is 27.2 Å². The van der Waals surface area contributed by atoms with Crippen LogP contribution in [-0.2, 0) is 13.0 Å². The van der Waals surface area contributed by atoms with E-state index in [2.05, 4.69) is 15.6 Å². The van der Waals surface area contributed by atoms with E-state index in [-0.39, 0.29) is 5.91 Å². The summed E-state index contributed by atoms with van der Waals surface area (Å²) in [5.74, 6) is 0.274. The fraction of sp³-hybridized carbons (Fsp3) is 0.318. The maximum atomic E-state index is 12.1. The fourth-order valence-corrected chi connectivity index (χ4v) is 2.73. The van der Waals surface area contributed by atoms with E-state index in [0.29, 0.717) is 30.2 Å². The maximum Gasteiger partial charge on any atom is 0.253 e. The van der Waals surface area contributed by atoms with Crippen LogP contribution in [0.25, 0.3) is 0 Å². The van der Waals surface area contributed by atoms with Crippen molar-refractivity contribution >= 4 is 17.8 Å². The van der Waals surface area contributed by atoms with E-state index in [0.717, 1.165) is 24.1 Å². The van der Waals surface area contributed by atoms with Crippen LogP contribution in [0.15, 0.2) is 53.5 Å². The molecule has 0 unspecified atom stereocenters. The first-order valence-corrected chi connectivity index (χ1v) is 9.62. The summed E-state index contributed by atoms with van der Waals surface area (Å²) in [6.07, 6.45) is 0.770. The molecule has 0 spiro atoms. The van der Waals surface area contributed by atoms with E-state index < -0.39 is 5.91 Å². The molecule has 0 atom stereocenters. The normalized spacial score (nSPS) is 11.1. The van der Waals surface area contributed by atoms with Gasteiger partial charge in [0.05, 0.1) is 6.54 Å². The van der Waals surface area contributed by atoms with Crippen molar-refractivity contribution in [3.63, 3.8) is 0 Å². The number of aliphatic imine (C=N–C) groups is 1. The van der Waals surface area contributed by atoms with Crippen molar-refractivity contribution in [1.29, 1.82) is 0 Å². The zero-order valence-electron chi connectivity index (χ0n) is 17.2.